The second kappa shape index (κ2) is 2.95. The summed E-state index contributed by atoms with van der Waals surface area (Å²) in [6.07, 6.45) is 1.81. The Hall–Kier alpha value is -1.18. The molecule has 2 rings (SSSR count). The Labute approximate surface area is 87.0 Å². The van der Waals surface area contributed by atoms with Gasteiger partial charge in [-0.3, -0.25) is 10.1 Å². The molecule has 0 saturated carbocycles. The van der Waals surface area contributed by atoms with Crippen LogP contribution in [0.1, 0.15) is 0 Å². The molecule has 5 nitrogen and oxygen atoms in total. The summed E-state index contributed by atoms with van der Waals surface area (Å²) in [6.45, 7) is 0. The maximum Gasteiger partial charge on any atom is 0.271 e. The van der Waals surface area contributed by atoms with Crippen molar-refractivity contribution in [3.63, 3.8) is 0 Å². The summed E-state index contributed by atoms with van der Waals surface area (Å²) in [5.74, 6) is 0. The van der Waals surface area contributed by atoms with Gasteiger partial charge < -0.3 is 0 Å². The molecule has 0 amide bonds. The van der Waals surface area contributed by atoms with Crippen molar-refractivity contribution in [2.24, 2.45) is 0 Å². The Bertz CT molecular complexity index is 480. The van der Waals surface area contributed by atoms with Gasteiger partial charge in [0.1, 0.15) is 5.52 Å². The highest BCUT2D eigenvalue weighted by Gasteiger charge is 2.07. The van der Waals surface area contributed by atoms with Gasteiger partial charge in [-0.1, -0.05) is 0 Å². The normalized spacial score (nSPS) is 10.5. The van der Waals surface area contributed by atoms with Gasteiger partial charge in [-0.25, -0.2) is 2.90 Å². The van der Waals surface area contributed by atoms with Crippen LogP contribution in [0.3, 0.4) is 0 Å². The maximum atomic E-state index is 10.4. The first-order valence-electron chi connectivity index (χ1n) is 3.47. The van der Waals surface area contributed by atoms with E-state index >= 15 is 0 Å². The van der Waals surface area contributed by atoms with E-state index in [1.54, 1.807) is 15.2 Å². The number of aromatic nitrogens is 2. The largest absolute Gasteiger partial charge is 0.271 e. The SMILES string of the molecule is O=[N+]([O-])c1ccc2cn(I)nc2c1. The molecule has 0 saturated heterocycles. The third-order valence-electron chi connectivity index (χ3n) is 1.67. The van der Waals surface area contributed by atoms with Crippen LogP contribution in [0.15, 0.2) is 24.4 Å². The molecule has 2 aromatic rings. The number of non-ortho nitro benzene ring substituents is 1. The highest BCUT2D eigenvalue weighted by atomic mass is 127. The zero-order chi connectivity index (χ0) is 9.42. The number of hydrogen-bond acceptors (Lipinski definition) is 3. The Morgan fingerprint density at radius 2 is 2.31 bits per heavy atom. The number of benzene rings is 1. The van der Waals surface area contributed by atoms with Gasteiger partial charge >= 0.3 is 0 Å². The van der Waals surface area contributed by atoms with Gasteiger partial charge in [-0.05, 0) is 6.07 Å². The summed E-state index contributed by atoms with van der Waals surface area (Å²) >= 11 is 2.00. The van der Waals surface area contributed by atoms with Crippen molar-refractivity contribution < 1.29 is 4.92 Å². The van der Waals surface area contributed by atoms with E-state index in [1.165, 1.54) is 12.1 Å². The van der Waals surface area contributed by atoms with Crippen molar-refractivity contribution in [1.82, 2.24) is 7.99 Å². The highest BCUT2D eigenvalue weighted by Crippen LogP contribution is 2.19. The van der Waals surface area contributed by atoms with Crippen LogP contribution in [0.2, 0.25) is 0 Å². The Morgan fingerprint density at radius 1 is 1.54 bits per heavy atom. The van der Waals surface area contributed by atoms with Gasteiger partial charge in [-0.2, -0.15) is 5.10 Å². The molecule has 0 bridgehead atoms. The predicted molar refractivity (Wildman–Crippen MR) is 55.8 cm³/mol. The molecular weight excluding hydrogens is 285 g/mol. The van der Waals surface area contributed by atoms with E-state index in [1.807, 2.05) is 22.9 Å². The topological polar surface area (TPSA) is 61.0 Å². The van der Waals surface area contributed by atoms with E-state index in [2.05, 4.69) is 5.10 Å². The summed E-state index contributed by atoms with van der Waals surface area (Å²) in [6, 6.07) is 4.63. The Morgan fingerprint density at radius 3 is 3.00 bits per heavy atom. The molecule has 0 atom stereocenters. The lowest BCUT2D eigenvalue weighted by Crippen LogP contribution is -1.86. The van der Waals surface area contributed by atoms with Gasteiger partial charge in [0.15, 0.2) is 0 Å². The van der Waals surface area contributed by atoms with E-state index in [4.69, 9.17) is 0 Å². The predicted octanol–water partition coefficient (Wildman–Crippen LogP) is 2.14. The van der Waals surface area contributed by atoms with Gasteiger partial charge in [0.05, 0.1) is 27.8 Å². The number of fused-ring (bicyclic) bond motifs is 1. The highest BCUT2D eigenvalue weighted by molar-refractivity contribution is 14.1. The zero-order valence-corrected chi connectivity index (χ0v) is 8.50. The van der Waals surface area contributed by atoms with Crippen LogP contribution < -0.4 is 0 Å². The summed E-state index contributed by atoms with van der Waals surface area (Å²) in [7, 11) is 0. The smallest absolute Gasteiger partial charge is 0.258 e. The van der Waals surface area contributed by atoms with Crippen LogP contribution in [0.5, 0.6) is 0 Å². The average Bonchev–Trinajstić information content (AvgIpc) is 2.42. The third-order valence-corrected chi connectivity index (χ3v) is 2.17. The molecule has 1 aromatic heterocycles. The standard InChI is InChI=1S/C7H4IN3O2/c8-10-4-5-1-2-6(11(12)13)3-7(5)9-10/h1-4H. The van der Waals surface area contributed by atoms with Crippen molar-refractivity contribution in [2.45, 2.75) is 0 Å². The molecule has 0 spiro atoms. The van der Waals surface area contributed by atoms with Crippen LogP contribution in [-0.2, 0) is 0 Å². The third kappa shape index (κ3) is 1.48. The summed E-state index contributed by atoms with van der Waals surface area (Å²) in [5.41, 5.74) is 0.714. The van der Waals surface area contributed by atoms with E-state index in [-0.39, 0.29) is 5.69 Å². The van der Waals surface area contributed by atoms with E-state index in [0.29, 0.717) is 5.52 Å². The number of rotatable bonds is 1. The Balaban J connectivity index is 2.67. The fourth-order valence-corrected chi connectivity index (χ4v) is 1.62. The summed E-state index contributed by atoms with van der Waals surface area (Å²) in [4.78, 5) is 10.00. The monoisotopic (exact) mass is 289 g/mol. The van der Waals surface area contributed by atoms with Crippen LogP contribution in [-0.4, -0.2) is 12.9 Å². The van der Waals surface area contributed by atoms with Gasteiger partial charge in [0, 0.05) is 23.7 Å². The first kappa shape index (κ1) is 8.42. The van der Waals surface area contributed by atoms with Crippen LogP contribution in [0.25, 0.3) is 10.9 Å². The van der Waals surface area contributed by atoms with Crippen molar-refractivity contribution >= 4 is 39.5 Å². The molecule has 13 heavy (non-hydrogen) atoms. The van der Waals surface area contributed by atoms with Crippen molar-refractivity contribution in [3.8, 4) is 0 Å². The molecule has 0 unspecified atom stereocenters. The van der Waals surface area contributed by atoms with E-state index < -0.39 is 4.92 Å². The van der Waals surface area contributed by atoms with E-state index in [0.717, 1.165) is 5.39 Å². The van der Waals surface area contributed by atoms with Gasteiger partial charge in [0.25, 0.3) is 5.69 Å². The number of nitrogens with zero attached hydrogens (tertiary/aromatic N) is 3. The summed E-state index contributed by atoms with van der Waals surface area (Å²) < 4.78 is 1.60. The Kier molecular flexibility index (Phi) is 1.91. The molecule has 0 aliphatic rings. The molecule has 0 fully saturated rings. The minimum Gasteiger partial charge on any atom is -0.258 e. The number of hydrogen-bond donors (Lipinski definition) is 0. The molecule has 1 aromatic carbocycles. The number of nitro groups is 1. The van der Waals surface area contributed by atoms with Crippen molar-refractivity contribution in [1.29, 1.82) is 0 Å². The zero-order valence-electron chi connectivity index (χ0n) is 6.35. The molecule has 6 heteroatoms. The lowest BCUT2D eigenvalue weighted by molar-refractivity contribution is -0.384. The fraction of sp³-hybridized carbons (Fsp3) is 0. The number of nitro benzene ring substituents is 1. The minimum absolute atomic E-state index is 0.0719. The molecule has 0 radical (unpaired) electrons. The maximum absolute atomic E-state index is 10.4. The molecule has 0 aliphatic carbocycles. The van der Waals surface area contributed by atoms with Crippen LogP contribution in [0, 0.1) is 10.1 Å². The van der Waals surface area contributed by atoms with Crippen LogP contribution in [0.4, 0.5) is 5.69 Å². The summed E-state index contributed by atoms with van der Waals surface area (Å²) in [5, 5.41) is 15.4. The quantitative estimate of drug-likeness (QED) is 0.459. The second-order valence-electron chi connectivity index (χ2n) is 2.52. The van der Waals surface area contributed by atoms with Crippen molar-refractivity contribution in [3.05, 3.63) is 34.5 Å². The van der Waals surface area contributed by atoms with Gasteiger partial charge in [-0.15, -0.1) is 0 Å². The molecule has 66 valence electrons. The van der Waals surface area contributed by atoms with E-state index in [9.17, 15) is 10.1 Å². The molecule has 0 N–H and O–H groups in total. The lowest BCUT2D eigenvalue weighted by Gasteiger charge is -1.88. The van der Waals surface area contributed by atoms with Gasteiger partial charge in [0.2, 0.25) is 0 Å². The van der Waals surface area contributed by atoms with Crippen LogP contribution >= 0.6 is 22.9 Å². The molecule has 0 aliphatic heterocycles. The molecule has 1 heterocycles. The first-order valence-corrected chi connectivity index (χ1v) is 4.43. The molecular formula is C7H4IN3O2. The second-order valence-corrected chi connectivity index (χ2v) is 3.51. The minimum atomic E-state index is -0.425. The van der Waals surface area contributed by atoms with Crippen molar-refractivity contribution in [2.75, 3.05) is 0 Å². The number of halogens is 1. The first-order chi connectivity index (χ1) is 6.16. The lowest BCUT2D eigenvalue weighted by atomic mass is 10.2. The fourth-order valence-electron chi connectivity index (χ4n) is 1.09. The average molecular weight is 289 g/mol.